The monoisotopic (exact) mass is 1080 g/mol. The average molecular weight is 1080 g/mol. The Balaban J connectivity index is 1.08. The summed E-state index contributed by atoms with van der Waals surface area (Å²) in [6, 6.07) is 19.7. The number of hydrogen-bond donors (Lipinski definition) is 1. The number of morpholine rings is 1. The first-order chi connectivity index (χ1) is 37.0. The topological polar surface area (TPSA) is 156 Å². The van der Waals surface area contributed by atoms with Gasteiger partial charge in [0.15, 0.2) is 5.76 Å². The number of carbonyl (C=O) groups is 1. The minimum absolute atomic E-state index is 0.0500. The summed E-state index contributed by atoms with van der Waals surface area (Å²) >= 11 is 8.67. The van der Waals surface area contributed by atoms with Gasteiger partial charge in [0.25, 0.3) is 0 Å². The third kappa shape index (κ3) is 15.0. The molecule has 0 spiro atoms. The van der Waals surface area contributed by atoms with Gasteiger partial charge in [0.2, 0.25) is 12.0 Å². The first-order valence-electron chi connectivity index (χ1n) is 25.6. The summed E-state index contributed by atoms with van der Waals surface area (Å²) in [5, 5.41) is 11.7. The maximum atomic E-state index is 14.4. The zero-order valence-corrected chi connectivity index (χ0v) is 45.2. The number of aliphatic carboxylic acids is 1. The number of fused-ring (bicyclic) bond motifs is 2. The van der Waals surface area contributed by atoms with E-state index in [0.717, 1.165) is 47.9 Å². The number of rotatable bonds is 20. The van der Waals surface area contributed by atoms with Crippen molar-refractivity contribution in [2.75, 3.05) is 124 Å². The van der Waals surface area contributed by atoms with Crippen LogP contribution in [0.3, 0.4) is 0 Å². The smallest absolute Gasteiger partial charge is 0.345 e. The number of terminal acetylenes is 1. The van der Waals surface area contributed by atoms with Gasteiger partial charge in [-0.15, -0.1) is 17.8 Å². The van der Waals surface area contributed by atoms with Gasteiger partial charge in [-0.2, -0.15) is 0 Å². The number of halogens is 2. The van der Waals surface area contributed by atoms with Crippen LogP contribution < -0.4 is 19.1 Å². The summed E-state index contributed by atoms with van der Waals surface area (Å²) in [6.45, 7) is 13.4. The number of anilines is 1. The number of aromatic nitrogens is 2. The number of likely N-dealkylation sites (N-methyl/N-ethyl adjacent to an activating group) is 1. The fourth-order valence-electron chi connectivity index (χ4n) is 9.28. The Kier molecular flexibility index (Phi) is 20.7. The lowest BCUT2D eigenvalue weighted by atomic mass is 9.93. The van der Waals surface area contributed by atoms with E-state index in [-0.39, 0.29) is 42.4 Å². The van der Waals surface area contributed by atoms with Gasteiger partial charge in [-0.3, -0.25) is 4.90 Å². The van der Waals surface area contributed by atoms with Crippen molar-refractivity contribution in [3.63, 3.8) is 0 Å². The van der Waals surface area contributed by atoms with Gasteiger partial charge >= 0.3 is 5.97 Å². The van der Waals surface area contributed by atoms with Crippen LogP contribution in [0.2, 0.25) is 0 Å². The van der Waals surface area contributed by atoms with E-state index < -0.39 is 24.0 Å². The highest BCUT2D eigenvalue weighted by Gasteiger charge is 2.30. The number of thiophene rings is 1. The van der Waals surface area contributed by atoms with Crippen LogP contribution in [-0.4, -0.2) is 169 Å². The van der Waals surface area contributed by atoms with Crippen molar-refractivity contribution in [1.82, 2.24) is 19.8 Å². The number of piperazine rings is 1. The first-order valence-corrected chi connectivity index (χ1v) is 26.8. The van der Waals surface area contributed by atoms with Gasteiger partial charge in [-0.05, 0) is 91.1 Å². The predicted molar refractivity (Wildman–Crippen MR) is 291 cm³/mol. The summed E-state index contributed by atoms with van der Waals surface area (Å²) in [4.78, 5) is 30.8. The van der Waals surface area contributed by atoms with Crippen LogP contribution in [0.1, 0.15) is 37.0 Å². The van der Waals surface area contributed by atoms with Crippen molar-refractivity contribution < 1.29 is 56.9 Å². The van der Waals surface area contributed by atoms with Crippen LogP contribution >= 0.6 is 22.9 Å². The first kappa shape index (κ1) is 56.4. The lowest BCUT2D eigenvalue weighted by molar-refractivity contribution is -0.145. The van der Waals surface area contributed by atoms with Crippen LogP contribution in [0.15, 0.2) is 89.4 Å². The normalized spacial score (nSPS) is 21.1. The van der Waals surface area contributed by atoms with Gasteiger partial charge in [0, 0.05) is 81.0 Å². The van der Waals surface area contributed by atoms with E-state index in [2.05, 4.69) is 49.8 Å². The molecule has 5 heterocycles. The molecule has 3 aliphatic heterocycles. The number of allylic oxidation sites excluding steroid dienone is 4. The highest BCUT2D eigenvalue weighted by Crippen LogP contribution is 2.47. The second kappa shape index (κ2) is 28.0. The van der Waals surface area contributed by atoms with Gasteiger partial charge < -0.3 is 57.5 Å². The molecule has 16 nitrogen and oxygen atoms in total. The predicted octanol–water partition coefficient (Wildman–Crippen LogP) is 8.34. The minimum Gasteiger partial charge on any atom is -0.490 e. The van der Waals surface area contributed by atoms with Crippen molar-refractivity contribution in [3.05, 3.63) is 112 Å². The molecule has 0 amide bonds. The third-order valence-electron chi connectivity index (χ3n) is 13.4. The summed E-state index contributed by atoms with van der Waals surface area (Å²) in [7, 11) is 3.74. The molecular weight excluding hydrogens is 1020 g/mol. The molecule has 0 unspecified atom stereocenters. The lowest BCUT2D eigenvalue weighted by Gasteiger charge is -2.34. The highest BCUT2D eigenvalue weighted by molar-refractivity contribution is 7.22. The Morgan fingerprint density at radius 2 is 1.71 bits per heavy atom. The zero-order chi connectivity index (χ0) is 53.4. The Hall–Kier alpha value is -5.85. The molecule has 0 saturated carbocycles. The summed E-state index contributed by atoms with van der Waals surface area (Å²) in [5.74, 6) is 2.21. The maximum absolute atomic E-state index is 14.4. The molecule has 5 aromatic rings. The molecule has 3 atom stereocenters. The molecule has 8 rings (SSSR count). The number of methoxy groups -OCH3 is 1. The fourth-order valence-corrected chi connectivity index (χ4v) is 10.7. The van der Waals surface area contributed by atoms with Gasteiger partial charge in [-0.25, -0.2) is 19.2 Å². The molecule has 19 heteroatoms. The molecule has 406 valence electrons. The number of nitrogens with zero attached hydrogens (tertiary/aromatic N) is 5. The van der Waals surface area contributed by atoms with E-state index >= 15 is 0 Å². The van der Waals surface area contributed by atoms with E-state index in [0.29, 0.717) is 123 Å². The van der Waals surface area contributed by atoms with Gasteiger partial charge in [0.05, 0.1) is 69.4 Å². The molecule has 3 aliphatic rings. The molecular formula is C57H67ClFN5O11S. The lowest BCUT2D eigenvalue weighted by Crippen LogP contribution is -2.48. The quantitative estimate of drug-likeness (QED) is 0.0586. The van der Waals surface area contributed by atoms with Crippen LogP contribution in [0.25, 0.3) is 26.2 Å². The Morgan fingerprint density at radius 1 is 0.947 bits per heavy atom. The third-order valence-corrected chi connectivity index (χ3v) is 15.0. The van der Waals surface area contributed by atoms with E-state index in [1.54, 1.807) is 37.4 Å². The van der Waals surface area contributed by atoms with Crippen molar-refractivity contribution in [1.29, 1.82) is 0 Å². The standard InChI is InChI=1S/C57H67ClFN5O11S/c1-6-47-38(3)53(58)48(7-2)74-46(32-63-19-17-62(4)18-20-63)36-72-44-15-16-49(73-34-39-9-8-10-43(29-39)64-21-22-71-45(33-64)35-70-28-27-69-26-25-68-24-23-67-5)41(30-44)31-50(57(65)66)75-55-52-51(47)54(76-56(52)61-37-60-55)40-11-13-42(59)14-12-40/h2,8-16,29-30,37,45-46,50H,6,17-28,31-36H2,1,3-5H3,(H,65,66)/b47-38+,53-48-/t45-,46+,50+/m0/s1. The molecule has 76 heavy (non-hydrogen) atoms. The second-order valence-electron chi connectivity index (χ2n) is 18.7. The number of benzene rings is 3. The summed E-state index contributed by atoms with van der Waals surface area (Å²) in [5.41, 5.74) is 5.20. The van der Waals surface area contributed by atoms with E-state index in [1.807, 2.05) is 26.0 Å². The van der Waals surface area contributed by atoms with Crippen molar-refractivity contribution in [3.8, 4) is 40.2 Å². The molecule has 2 saturated heterocycles. The average Bonchev–Trinajstić information content (AvgIpc) is 3.85. The Labute approximate surface area is 453 Å². The molecule has 2 aromatic heterocycles. The van der Waals surface area contributed by atoms with E-state index in [4.69, 9.17) is 60.7 Å². The number of ether oxygens (including phenoxy) is 9. The SMILES string of the molecule is C#C/C1=C(Cl)\C(C)=C(/CC)c2c(-c3ccc(F)cc3)sc3ncnc(c23)O[C@@H](C(=O)O)Cc2cc(ccc2OCc2cccc(N3CCO[C@H](COCCOCCOCCOC)C3)c2)OC[C@@H](CN2CCN(C)CC2)O1. The van der Waals surface area contributed by atoms with Crippen LogP contribution in [0.5, 0.6) is 17.4 Å². The summed E-state index contributed by atoms with van der Waals surface area (Å²) in [6.07, 6.45) is 5.77. The fraction of sp³-hybridized carbons (Fsp3) is 0.456. The van der Waals surface area contributed by atoms with E-state index in [9.17, 15) is 14.3 Å². The highest BCUT2D eigenvalue weighted by atomic mass is 35.5. The Bertz CT molecular complexity index is 2830. The van der Waals surface area contributed by atoms with Crippen LogP contribution in [0.4, 0.5) is 10.1 Å². The van der Waals surface area contributed by atoms with Crippen LogP contribution in [-0.2, 0) is 46.2 Å². The van der Waals surface area contributed by atoms with Crippen LogP contribution in [0, 0.1) is 18.2 Å². The maximum Gasteiger partial charge on any atom is 0.345 e. The zero-order valence-electron chi connectivity index (χ0n) is 43.6. The Morgan fingerprint density at radius 3 is 2.45 bits per heavy atom. The minimum atomic E-state index is -1.45. The number of carboxylic acid groups (broad SMARTS) is 1. The van der Waals surface area contributed by atoms with Crippen molar-refractivity contribution in [2.45, 2.75) is 51.6 Å². The van der Waals surface area contributed by atoms with E-state index in [1.165, 1.54) is 29.8 Å². The number of hydrogen-bond acceptors (Lipinski definition) is 16. The van der Waals surface area contributed by atoms with Crippen molar-refractivity contribution >= 4 is 50.4 Å². The number of carboxylic acids is 1. The molecule has 1 N–H and O–H groups in total. The van der Waals surface area contributed by atoms with Gasteiger partial charge in [0.1, 0.15) is 47.8 Å². The molecule has 3 aromatic carbocycles. The van der Waals surface area contributed by atoms with Crippen molar-refractivity contribution in [2.24, 2.45) is 0 Å². The largest absolute Gasteiger partial charge is 0.490 e. The molecule has 0 aliphatic carbocycles. The molecule has 2 fully saturated rings. The summed E-state index contributed by atoms with van der Waals surface area (Å²) < 4.78 is 68.8. The molecule has 0 radical (unpaired) electrons. The van der Waals surface area contributed by atoms with Gasteiger partial charge in [-0.1, -0.05) is 42.8 Å². The second-order valence-corrected chi connectivity index (χ2v) is 20.1. The molecule has 2 bridgehead atoms.